The van der Waals surface area contributed by atoms with Gasteiger partial charge in [0.05, 0.1) is 12.1 Å². The van der Waals surface area contributed by atoms with Crippen molar-refractivity contribution in [1.29, 1.82) is 0 Å². The van der Waals surface area contributed by atoms with Crippen molar-refractivity contribution >= 4 is 22.9 Å². The SMILES string of the molecule is Cc1noc(-c2cccn3c(CNC(=O)c4csc(-c5ccccc5)n4)nnc23)n1. The first-order valence-electron chi connectivity index (χ1n) is 9.11. The van der Waals surface area contributed by atoms with Crippen LogP contribution in [0.15, 0.2) is 58.6 Å². The molecule has 4 aromatic heterocycles. The fourth-order valence-electron chi connectivity index (χ4n) is 3.00. The van der Waals surface area contributed by atoms with Gasteiger partial charge >= 0.3 is 0 Å². The number of rotatable bonds is 5. The minimum atomic E-state index is -0.270. The Morgan fingerprint density at radius 1 is 1.13 bits per heavy atom. The molecule has 5 rings (SSSR count). The van der Waals surface area contributed by atoms with Gasteiger partial charge in [0.2, 0.25) is 0 Å². The molecule has 1 amide bonds. The number of pyridine rings is 1. The molecule has 0 aliphatic rings. The minimum Gasteiger partial charge on any atom is -0.343 e. The number of hydrogen-bond acceptors (Lipinski definition) is 8. The molecule has 0 aliphatic carbocycles. The third-order valence-corrected chi connectivity index (χ3v) is 5.32. The standard InChI is InChI=1S/C20H15N7O2S/c1-12-22-19(29-26-12)14-8-5-9-27-16(24-25-17(14)27)10-21-18(28)15-11-30-20(23-15)13-6-3-2-4-7-13/h2-9,11H,10H2,1H3,(H,21,28). The maximum Gasteiger partial charge on any atom is 0.271 e. The number of hydrogen-bond donors (Lipinski definition) is 1. The highest BCUT2D eigenvalue weighted by Crippen LogP contribution is 2.24. The fraction of sp³-hybridized carbons (Fsp3) is 0.100. The van der Waals surface area contributed by atoms with Crippen LogP contribution in [-0.4, -0.2) is 35.6 Å². The molecule has 0 radical (unpaired) electrons. The second-order valence-electron chi connectivity index (χ2n) is 6.47. The highest BCUT2D eigenvalue weighted by Gasteiger charge is 2.17. The minimum absolute atomic E-state index is 0.199. The summed E-state index contributed by atoms with van der Waals surface area (Å²) < 4.78 is 7.03. The van der Waals surface area contributed by atoms with Gasteiger partial charge in [-0.3, -0.25) is 9.20 Å². The molecule has 0 saturated carbocycles. The number of amides is 1. The van der Waals surface area contributed by atoms with Gasteiger partial charge in [0, 0.05) is 17.1 Å². The molecule has 0 unspecified atom stereocenters. The van der Waals surface area contributed by atoms with Gasteiger partial charge in [0.15, 0.2) is 17.3 Å². The molecule has 4 heterocycles. The first-order valence-corrected chi connectivity index (χ1v) is 9.99. The van der Waals surface area contributed by atoms with E-state index in [9.17, 15) is 4.79 Å². The number of carbonyl (C=O) groups excluding carboxylic acids is 1. The molecule has 0 atom stereocenters. The van der Waals surface area contributed by atoms with Crippen LogP contribution >= 0.6 is 11.3 Å². The topological polar surface area (TPSA) is 111 Å². The number of thiazole rings is 1. The maximum absolute atomic E-state index is 12.6. The van der Waals surface area contributed by atoms with Crippen LogP contribution in [0.25, 0.3) is 27.7 Å². The van der Waals surface area contributed by atoms with Crippen LogP contribution < -0.4 is 5.32 Å². The van der Waals surface area contributed by atoms with E-state index in [0.717, 1.165) is 10.6 Å². The molecule has 1 aromatic carbocycles. The molecule has 5 aromatic rings. The number of aromatic nitrogens is 6. The number of aryl methyl sites for hydroxylation is 1. The Labute approximate surface area is 174 Å². The lowest BCUT2D eigenvalue weighted by Crippen LogP contribution is -2.24. The second kappa shape index (κ2) is 7.48. The molecular formula is C20H15N7O2S. The molecular weight excluding hydrogens is 402 g/mol. The molecule has 148 valence electrons. The van der Waals surface area contributed by atoms with Gasteiger partial charge in [-0.15, -0.1) is 21.5 Å². The van der Waals surface area contributed by atoms with Crippen LogP contribution in [0.2, 0.25) is 0 Å². The smallest absolute Gasteiger partial charge is 0.271 e. The summed E-state index contributed by atoms with van der Waals surface area (Å²) in [7, 11) is 0. The summed E-state index contributed by atoms with van der Waals surface area (Å²) in [4.78, 5) is 21.2. The van der Waals surface area contributed by atoms with E-state index in [2.05, 4.69) is 30.6 Å². The third-order valence-electron chi connectivity index (χ3n) is 4.43. The van der Waals surface area contributed by atoms with E-state index in [4.69, 9.17) is 4.52 Å². The number of nitrogens with zero attached hydrogens (tertiary/aromatic N) is 6. The Bertz CT molecular complexity index is 1340. The lowest BCUT2D eigenvalue weighted by Gasteiger charge is -2.03. The van der Waals surface area contributed by atoms with Crippen molar-refractivity contribution in [1.82, 2.24) is 35.0 Å². The highest BCUT2D eigenvalue weighted by molar-refractivity contribution is 7.13. The summed E-state index contributed by atoms with van der Waals surface area (Å²) in [5.41, 5.74) is 2.60. The normalized spacial score (nSPS) is 11.1. The highest BCUT2D eigenvalue weighted by atomic mass is 32.1. The number of benzene rings is 1. The zero-order valence-corrected chi connectivity index (χ0v) is 16.6. The van der Waals surface area contributed by atoms with Crippen molar-refractivity contribution in [2.24, 2.45) is 0 Å². The van der Waals surface area contributed by atoms with Crippen molar-refractivity contribution in [3.05, 3.63) is 71.4 Å². The van der Waals surface area contributed by atoms with Crippen LogP contribution in [0.4, 0.5) is 0 Å². The average molecular weight is 417 g/mol. The summed E-state index contributed by atoms with van der Waals surface area (Å²) in [5, 5.41) is 17.6. The molecule has 30 heavy (non-hydrogen) atoms. The van der Waals surface area contributed by atoms with E-state index in [-0.39, 0.29) is 12.5 Å². The lowest BCUT2D eigenvalue weighted by molar-refractivity contribution is 0.0945. The first-order chi connectivity index (χ1) is 14.7. The molecule has 0 fully saturated rings. The van der Waals surface area contributed by atoms with E-state index < -0.39 is 0 Å². The van der Waals surface area contributed by atoms with Crippen molar-refractivity contribution in [2.75, 3.05) is 0 Å². The molecule has 1 N–H and O–H groups in total. The predicted molar refractivity (Wildman–Crippen MR) is 110 cm³/mol. The number of fused-ring (bicyclic) bond motifs is 1. The lowest BCUT2D eigenvalue weighted by atomic mass is 10.2. The predicted octanol–water partition coefficient (Wildman–Crippen LogP) is 3.14. The van der Waals surface area contributed by atoms with E-state index in [1.165, 1.54) is 11.3 Å². The summed E-state index contributed by atoms with van der Waals surface area (Å²) in [6.45, 7) is 1.95. The largest absolute Gasteiger partial charge is 0.343 e. The summed E-state index contributed by atoms with van der Waals surface area (Å²) >= 11 is 1.43. The third kappa shape index (κ3) is 3.33. The summed E-state index contributed by atoms with van der Waals surface area (Å²) in [6, 6.07) is 13.4. The Hall–Kier alpha value is -3.92. The van der Waals surface area contributed by atoms with E-state index in [0.29, 0.717) is 34.4 Å². The van der Waals surface area contributed by atoms with E-state index >= 15 is 0 Å². The summed E-state index contributed by atoms with van der Waals surface area (Å²) in [5.74, 6) is 1.22. The Morgan fingerprint density at radius 3 is 2.80 bits per heavy atom. The van der Waals surface area contributed by atoms with Gasteiger partial charge in [0.25, 0.3) is 11.8 Å². The zero-order valence-electron chi connectivity index (χ0n) is 15.8. The first kappa shape index (κ1) is 18.1. The van der Waals surface area contributed by atoms with Gasteiger partial charge in [0.1, 0.15) is 10.7 Å². The van der Waals surface area contributed by atoms with Gasteiger partial charge in [-0.25, -0.2) is 4.98 Å². The van der Waals surface area contributed by atoms with Gasteiger partial charge in [-0.2, -0.15) is 4.98 Å². The molecule has 0 aliphatic heterocycles. The van der Waals surface area contributed by atoms with Crippen LogP contribution in [0.3, 0.4) is 0 Å². The van der Waals surface area contributed by atoms with Crippen molar-refractivity contribution in [3.63, 3.8) is 0 Å². The maximum atomic E-state index is 12.6. The van der Waals surface area contributed by atoms with Crippen LogP contribution in [0.1, 0.15) is 22.1 Å². The Balaban J connectivity index is 1.34. The van der Waals surface area contributed by atoms with Gasteiger partial charge in [-0.05, 0) is 19.1 Å². The van der Waals surface area contributed by atoms with Crippen LogP contribution in [-0.2, 0) is 6.54 Å². The molecule has 0 saturated heterocycles. The Kier molecular flexibility index (Phi) is 4.52. The van der Waals surface area contributed by atoms with Gasteiger partial charge < -0.3 is 9.84 Å². The zero-order chi connectivity index (χ0) is 20.5. The Morgan fingerprint density at radius 2 is 2.00 bits per heavy atom. The van der Waals surface area contributed by atoms with Crippen LogP contribution in [0.5, 0.6) is 0 Å². The number of carbonyl (C=O) groups is 1. The molecule has 0 bridgehead atoms. The summed E-state index contributed by atoms with van der Waals surface area (Å²) in [6.07, 6.45) is 1.82. The monoisotopic (exact) mass is 417 g/mol. The fourth-order valence-corrected chi connectivity index (χ4v) is 3.81. The van der Waals surface area contributed by atoms with E-state index in [1.807, 2.05) is 48.7 Å². The van der Waals surface area contributed by atoms with Crippen LogP contribution in [0, 0.1) is 6.92 Å². The second-order valence-corrected chi connectivity index (χ2v) is 7.32. The van der Waals surface area contributed by atoms with Crippen molar-refractivity contribution in [3.8, 4) is 22.0 Å². The van der Waals surface area contributed by atoms with Gasteiger partial charge in [-0.1, -0.05) is 35.5 Å². The molecule has 0 spiro atoms. The molecule has 10 heteroatoms. The van der Waals surface area contributed by atoms with Crippen molar-refractivity contribution in [2.45, 2.75) is 13.5 Å². The number of nitrogens with one attached hydrogen (secondary N) is 1. The van der Waals surface area contributed by atoms with E-state index in [1.54, 1.807) is 16.7 Å². The quantitative estimate of drug-likeness (QED) is 0.468. The van der Waals surface area contributed by atoms with Crippen molar-refractivity contribution < 1.29 is 9.32 Å². The average Bonchev–Trinajstić information content (AvgIpc) is 3.52. The molecule has 9 nitrogen and oxygen atoms in total.